The van der Waals surface area contributed by atoms with Crippen molar-refractivity contribution in [1.29, 1.82) is 0 Å². The quantitative estimate of drug-likeness (QED) is 0.0507. The van der Waals surface area contributed by atoms with Gasteiger partial charge >= 0.3 is 77.4 Å². The molecule has 0 bridgehead atoms. The molecule has 14 N–H and O–H groups in total. The van der Waals surface area contributed by atoms with Gasteiger partial charge in [-0.05, 0) is 290 Å². The Kier molecular flexibility index (Phi) is 45.4. The van der Waals surface area contributed by atoms with Crippen LogP contribution in [-0.2, 0) is 62.2 Å². The number of likely N-dealkylation sites (tertiary alicyclic amines) is 4. The lowest BCUT2D eigenvalue weighted by Gasteiger charge is -2.36. The molecule has 0 radical (unpaired) electrons. The normalized spacial score (nSPS) is 19.8. The minimum Gasteiger partial charge on any atom is -0.474 e. The summed E-state index contributed by atoms with van der Waals surface area (Å²) in [5, 5.41) is 32.1. The number of anilines is 10. The Morgan fingerprint density at radius 3 is 0.762 bits per heavy atom. The van der Waals surface area contributed by atoms with Crippen LogP contribution in [0, 0.1) is 64.2 Å². The van der Waals surface area contributed by atoms with E-state index in [0.29, 0.717) is 113 Å². The van der Waals surface area contributed by atoms with Crippen LogP contribution in [0.5, 0.6) is 0 Å². The summed E-state index contributed by atoms with van der Waals surface area (Å²) in [6.07, 6.45) is 15.8. The molecule has 5 aliphatic rings. The molecule has 5 fully saturated rings. The van der Waals surface area contributed by atoms with E-state index in [0.717, 1.165) is 74.5 Å². The summed E-state index contributed by atoms with van der Waals surface area (Å²) in [4.78, 5) is 182. The van der Waals surface area contributed by atoms with Crippen LogP contribution in [0.3, 0.4) is 0 Å². The van der Waals surface area contributed by atoms with Gasteiger partial charge in [0, 0.05) is 56.4 Å². The van der Waals surface area contributed by atoms with Gasteiger partial charge in [0.25, 0.3) is 0 Å². The molecule has 0 aliphatic carbocycles. The number of pyridine rings is 5. The predicted molar refractivity (Wildman–Crippen MR) is 508 cm³/mol. The van der Waals surface area contributed by atoms with E-state index in [2.05, 4.69) is 114 Å². The molecular weight excluding hydrogens is 1670 g/mol. The van der Waals surface area contributed by atoms with E-state index >= 15 is 0 Å². The van der Waals surface area contributed by atoms with Gasteiger partial charge in [0.15, 0.2) is 0 Å². The second-order valence-corrected chi connectivity index (χ2v) is 36.9. The molecule has 37 heteroatoms. The monoisotopic (exact) mass is 1820 g/mol. The summed E-state index contributed by atoms with van der Waals surface area (Å²) >= 11 is 0. The molecule has 2 unspecified atom stereocenters. The molecule has 5 aromatic rings. The Labute approximate surface area is 767 Å². The summed E-state index contributed by atoms with van der Waals surface area (Å²) in [5.74, 6) is -3.12. The molecule has 10 atom stereocenters. The Balaban J connectivity index is 0.000000537. The van der Waals surface area contributed by atoms with Crippen LogP contribution in [0.4, 0.5) is 71.9 Å². The number of hydrogen-bond acceptors (Lipinski definition) is 24. The number of nitrogens with one attached hydrogen (secondary N) is 9. The maximum Gasteiger partial charge on any atom is 0.413 e. The van der Waals surface area contributed by atoms with Crippen LogP contribution in [-0.4, -0.2) is 207 Å². The summed E-state index contributed by atoms with van der Waals surface area (Å²) in [6.45, 7) is 49.0. The van der Waals surface area contributed by atoms with Crippen molar-refractivity contribution in [3.05, 3.63) is 89.1 Å². The van der Waals surface area contributed by atoms with Gasteiger partial charge in [-0.1, -0.05) is 56.9 Å². The second-order valence-electron chi connectivity index (χ2n) is 36.9. The highest BCUT2D eigenvalue weighted by Gasteiger charge is 2.36. The van der Waals surface area contributed by atoms with Crippen molar-refractivity contribution in [2.75, 3.05) is 86.7 Å². The van der Waals surface area contributed by atoms with Crippen molar-refractivity contribution in [2.45, 2.75) is 300 Å². The number of ether oxygens (including phenoxy) is 3. The lowest BCUT2D eigenvalue weighted by molar-refractivity contribution is -0.147. The maximum atomic E-state index is 12.5. The number of rotatable bonds is 8. The van der Waals surface area contributed by atoms with E-state index in [1.165, 1.54) is 56.4 Å². The zero-order chi connectivity index (χ0) is 95.4. The van der Waals surface area contributed by atoms with Gasteiger partial charge in [-0.25, -0.2) is 44.1 Å². The average molecular weight is 1820 g/mol. The first-order chi connectivity index (χ1) is 59.0. The molecule has 0 aromatic carbocycles. The lowest BCUT2D eigenvalue weighted by Crippen LogP contribution is -2.49. The zero-order valence-corrected chi connectivity index (χ0v) is 78.3. The summed E-state index contributed by atoms with van der Waals surface area (Å²) in [6, 6.07) is 9.26. The minimum absolute atomic E-state index is 0. The van der Waals surface area contributed by atoms with Crippen LogP contribution in [0.15, 0.2) is 61.3 Å². The third-order valence-corrected chi connectivity index (χ3v) is 21.0. The molecule has 12 amide bonds. The first-order valence-corrected chi connectivity index (χ1v) is 43.2. The van der Waals surface area contributed by atoms with Gasteiger partial charge in [-0.2, -0.15) is 0 Å². The highest BCUT2D eigenvalue weighted by atomic mass is 16.6. The van der Waals surface area contributed by atoms with E-state index in [1.807, 2.05) is 27.7 Å². The fraction of sp³-hybridized carbons (Fsp3) is 0.591. The van der Waals surface area contributed by atoms with Crippen LogP contribution in [0.2, 0.25) is 0 Å². The fourth-order valence-corrected chi connectivity index (χ4v) is 13.7. The third-order valence-electron chi connectivity index (χ3n) is 21.0. The number of nitrogens with zero attached hydrogens (tertiary/aromatic N) is 9. The molecule has 10 rings (SSSR count). The molecule has 0 spiro atoms. The molecule has 10 heterocycles. The van der Waals surface area contributed by atoms with Crippen molar-refractivity contribution in [3.8, 4) is 0 Å². The van der Waals surface area contributed by atoms with Crippen LogP contribution in [0.1, 0.15) is 246 Å². The number of nitrogen functional groups attached to an aromatic ring is 2. The van der Waals surface area contributed by atoms with Crippen molar-refractivity contribution < 1.29 is 81.6 Å². The molecule has 0 saturated carbocycles. The Hall–Kier alpha value is -12.2. The zero-order valence-electron chi connectivity index (χ0n) is 78.3. The molecule has 130 heavy (non-hydrogen) atoms. The van der Waals surface area contributed by atoms with Crippen molar-refractivity contribution in [1.82, 2.24) is 49.8 Å². The number of nitrogens with two attached hydrogens (primary N) is 2. The van der Waals surface area contributed by atoms with Gasteiger partial charge in [0.2, 0.25) is 0 Å². The maximum absolute atomic E-state index is 12.5. The number of aryl methyl sites for hydroxylation is 5. The van der Waals surface area contributed by atoms with Crippen molar-refractivity contribution in [2.24, 2.45) is 29.6 Å². The number of aromatic nitrogens is 5. The first kappa shape index (κ1) is 114. The van der Waals surface area contributed by atoms with Crippen LogP contribution >= 0.6 is 0 Å². The number of carbonyl (C=O) groups excluding carboxylic acids is 12. The molecular formula is C93H148N20O17. The Morgan fingerprint density at radius 1 is 0.338 bits per heavy atom. The first-order valence-electron chi connectivity index (χ1n) is 43.2. The number of carboxylic acid groups (broad SMARTS) is 1. The highest BCUT2D eigenvalue weighted by Crippen LogP contribution is 2.29. The summed E-state index contributed by atoms with van der Waals surface area (Å²) in [7, 11) is 0. The topological polar surface area (TPSA) is 508 Å². The van der Waals surface area contributed by atoms with Crippen LogP contribution in [0.25, 0.3) is 0 Å². The van der Waals surface area contributed by atoms with E-state index in [4.69, 9.17) is 30.8 Å². The van der Waals surface area contributed by atoms with Crippen LogP contribution < -0.4 is 59.3 Å². The van der Waals surface area contributed by atoms with Crippen molar-refractivity contribution >= 4 is 135 Å². The predicted octanol–water partition coefficient (Wildman–Crippen LogP) is 14.8. The molecule has 37 nitrogen and oxygen atoms in total. The second kappa shape index (κ2) is 51.9. The number of hydrogen-bond donors (Lipinski definition) is 12. The van der Waals surface area contributed by atoms with Gasteiger partial charge in [-0.3, -0.25) is 59.1 Å². The highest BCUT2D eigenvalue weighted by molar-refractivity contribution is 6.41. The third kappa shape index (κ3) is 39.0. The van der Waals surface area contributed by atoms with E-state index in [9.17, 15) is 62.3 Å². The van der Waals surface area contributed by atoms with E-state index in [-0.39, 0.29) is 58.0 Å². The fourth-order valence-electron chi connectivity index (χ4n) is 13.7. The summed E-state index contributed by atoms with van der Waals surface area (Å²) in [5.41, 5.74) is 14.7. The standard InChI is InChI=1S/2C20H30N4O4.2C15H22N4O2.C13H17N3O5.C7H15N.3CH4/c2*1-12-7-8-14(3)24(11-12)18(26)17(25)22-15-9-13(2)16(21-10-15)23-19(27)28-20(4,5)6;2*1-9-4-5-11(3)19(8-9)15(21)14(20)18-12-6-10(2)13(16)17-7-12;1-7-5-8(15-10(17)11(18)19)6-14-9(7)16-12(20)21-13(2,3)4;1-6-3-4-7(2)8-5-6;;;/h2*9-10,12,14H,7-8,11H2,1-6H3,(H,22,25)(H,21,23,27);2*6-7,9,11H,4-5,8H2,1-3H3,(H2,16,17)(H,18,20);5-6H,1-4H3,(H,15,17)(H,18,19)(H,14,16,20);6-8H,3-5H2,1-2H3;3*1H4/t12-,14+;12-,14-;9-,11+;9-,11-;;;;;/m1111...../s1. The minimum atomic E-state index is -1.59. The van der Waals surface area contributed by atoms with Gasteiger partial charge in [-0.15, -0.1) is 0 Å². The Bertz CT molecular complexity index is 4450. The Morgan fingerprint density at radius 2 is 0.562 bits per heavy atom. The van der Waals surface area contributed by atoms with Gasteiger partial charge < -0.3 is 82.3 Å². The SMILES string of the molecule is C.C.C.CC1CCC(C)NC1.Cc1cc(NC(=O)C(=O)N2C[C@H](C)CC[C@@H]2C)cnc1N.Cc1cc(NC(=O)C(=O)N2C[C@H](C)CC[C@@H]2C)cnc1NC(=O)OC(C)(C)C.Cc1cc(NC(=O)C(=O)N2C[C@H](C)CC[C@H]2C)cnc1N.Cc1cc(NC(=O)C(=O)N2C[C@H](C)CC[C@H]2C)cnc1NC(=O)OC(C)(C)C.Cc1cc(NC(=O)C(=O)O)cnc1NC(=O)OC(C)(C)C. The van der Waals surface area contributed by atoms with Gasteiger partial charge in [0.05, 0.1) is 59.4 Å². The average Bonchev–Trinajstić information content (AvgIpc) is 0.838. The van der Waals surface area contributed by atoms with Crippen molar-refractivity contribution in [3.63, 3.8) is 0 Å². The van der Waals surface area contributed by atoms with E-state index in [1.54, 1.807) is 141 Å². The number of amides is 12. The number of aliphatic carboxylic acids is 1. The molecule has 5 saturated heterocycles. The number of piperidine rings is 5. The number of carbonyl (C=O) groups is 13. The molecule has 5 aromatic heterocycles. The summed E-state index contributed by atoms with van der Waals surface area (Å²) < 4.78 is 15.5. The molecule has 5 aliphatic heterocycles. The number of carboxylic acids is 1. The molecule has 722 valence electrons. The van der Waals surface area contributed by atoms with E-state index < -0.39 is 94.2 Å². The smallest absolute Gasteiger partial charge is 0.413 e. The lowest BCUT2D eigenvalue weighted by atomic mass is 9.95. The van der Waals surface area contributed by atoms with Gasteiger partial charge in [0.1, 0.15) is 45.9 Å². The largest absolute Gasteiger partial charge is 0.474 e.